The van der Waals surface area contributed by atoms with Gasteiger partial charge < -0.3 is 9.47 Å². The molecule has 0 aliphatic heterocycles. The molecular formula is C8H6F4N2O4. The van der Waals surface area contributed by atoms with Gasteiger partial charge in [-0.3, -0.25) is 10.1 Å². The first kappa shape index (κ1) is 13.9. The first-order valence-electron chi connectivity index (χ1n) is 4.32. The second-order valence-electron chi connectivity index (χ2n) is 2.91. The molecule has 6 nitrogen and oxygen atoms in total. The molecule has 1 rings (SSSR count). The van der Waals surface area contributed by atoms with E-state index in [0.717, 1.165) is 7.11 Å². The van der Waals surface area contributed by atoms with Crippen LogP contribution < -0.4 is 9.47 Å². The fourth-order valence-electron chi connectivity index (χ4n) is 1.15. The van der Waals surface area contributed by atoms with E-state index in [1.165, 1.54) is 0 Å². The molecule has 0 atom stereocenters. The molecule has 0 saturated heterocycles. The maximum Gasteiger partial charge on any atom is 0.573 e. The predicted molar refractivity (Wildman–Crippen MR) is 48.9 cm³/mol. The zero-order valence-corrected chi connectivity index (χ0v) is 8.82. The summed E-state index contributed by atoms with van der Waals surface area (Å²) in [5.41, 5.74) is -1.80. The van der Waals surface area contributed by atoms with Crippen LogP contribution in [0.4, 0.5) is 23.2 Å². The van der Waals surface area contributed by atoms with Crippen molar-refractivity contribution in [3.8, 4) is 11.6 Å². The standard InChI is InChI=1S/C8H6F4N2O4/c1-17-7-6(18-8(10,11)12)5(14(15)16)4(2-9)3-13-7/h3H,2H2,1H3. The summed E-state index contributed by atoms with van der Waals surface area (Å²) in [7, 11) is 0.949. The third kappa shape index (κ3) is 2.96. The van der Waals surface area contributed by atoms with Crippen molar-refractivity contribution in [3.63, 3.8) is 0 Å². The van der Waals surface area contributed by atoms with Crippen LogP contribution in [-0.2, 0) is 6.67 Å². The number of nitro groups is 1. The van der Waals surface area contributed by atoms with Crippen molar-refractivity contribution < 1.29 is 32.0 Å². The predicted octanol–water partition coefficient (Wildman–Crippen LogP) is 2.37. The highest BCUT2D eigenvalue weighted by molar-refractivity contribution is 5.57. The van der Waals surface area contributed by atoms with Crippen molar-refractivity contribution in [2.45, 2.75) is 13.0 Å². The minimum atomic E-state index is -5.19. The van der Waals surface area contributed by atoms with Gasteiger partial charge in [0, 0.05) is 6.20 Å². The molecule has 0 spiro atoms. The topological polar surface area (TPSA) is 74.5 Å². The number of ether oxygens (including phenoxy) is 2. The summed E-state index contributed by atoms with van der Waals surface area (Å²) in [5, 5.41) is 10.7. The number of aromatic nitrogens is 1. The lowest BCUT2D eigenvalue weighted by Crippen LogP contribution is -2.19. The number of hydrogen-bond acceptors (Lipinski definition) is 5. The molecule has 0 aromatic carbocycles. The summed E-state index contributed by atoms with van der Waals surface area (Å²) >= 11 is 0. The van der Waals surface area contributed by atoms with E-state index in [1.54, 1.807) is 0 Å². The molecule has 0 fully saturated rings. The van der Waals surface area contributed by atoms with Gasteiger partial charge in [0.25, 0.3) is 11.6 Å². The Hall–Kier alpha value is -2.13. The summed E-state index contributed by atoms with van der Waals surface area (Å²) in [6.07, 6.45) is -4.48. The molecule has 1 heterocycles. The van der Waals surface area contributed by atoms with Crippen molar-refractivity contribution in [2.24, 2.45) is 0 Å². The fourth-order valence-corrected chi connectivity index (χ4v) is 1.15. The zero-order chi connectivity index (χ0) is 13.9. The van der Waals surface area contributed by atoms with Crippen molar-refractivity contribution in [1.29, 1.82) is 0 Å². The molecule has 0 unspecified atom stereocenters. The van der Waals surface area contributed by atoms with Gasteiger partial charge in [0.15, 0.2) is 0 Å². The molecule has 0 radical (unpaired) electrons. The van der Waals surface area contributed by atoms with Gasteiger partial charge in [0.1, 0.15) is 6.67 Å². The van der Waals surface area contributed by atoms with Crippen molar-refractivity contribution in [3.05, 3.63) is 21.9 Å². The molecule has 0 N–H and O–H groups in total. The minimum Gasteiger partial charge on any atom is -0.478 e. The average Bonchev–Trinajstić information content (AvgIpc) is 2.25. The summed E-state index contributed by atoms with van der Waals surface area (Å²) < 4.78 is 56.7. The molecule has 0 aliphatic carbocycles. The Kier molecular flexibility index (Phi) is 3.89. The van der Waals surface area contributed by atoms with Crippen LogP contribution in [0.3, 0.4) is 0 Å². The average molecular weight is 270 g/mol. The van der Waals surface area contributed by atoms with Crippen LogP contribution in [0, 0.1) is 10.1 Å². The number of hydrogen-bond donors (Lipinski definition) is 0. The van der Waals surface area contributed by atoms with E-state index in [9.17, 15) is 27.7 Å². The Morgan fingerprint density at radius 1 is 1.50 bits per heavy atom. The monoisotopic (exact) mass is 270 g/mol. The molecule has 100 valence electrons. The number of alkyl halides is 4. The maximum atomic E-state index is 12.5. The van der Waals surface area contributed by atoms with Gasteiger partial charge >= 0.3 is 12.0 Å². The molecule has 10 heteroatoms. The third-order valence-corrected chi connectivity index (χ3v) is 1.79. The highest BCUT2D eigenvalue weighted by Gasteiger charge is 2.38. The van der Waals surface area contributed by atoms with Gasteiger partial charge in [0.05, 0.1) is 17.6 Å². The van der Waals surface area contributed by atoms with Crippen molar-refractivity contribution in [1.82, 2.24) is 4.98 Å². The summed E-state index contributed by atoms with van der Waals surface area (Å²) in [6.45, 7) is -1.36. The Bertz CT molecular complexity index is 463. The first-order chi connectivity index (χ1) is 8.30. The second kappa shape index (κ2) is 5.02. The van der Waals surface area contributed by atoms with Gasteiger partial charge in [-0.05, 0) is 0 Å². The van der Waals surface area contributed by atoms with E-state index >= 15 is 0 Å². The van der Waals surface area contributed by atoms with E-state index in [4.69, 9.17) is 0 Å². The SMILES string of the molecule is COc1ncc(CF)c([N+](=O)[O-])c1OC(F)(F)F. The summed E-state index contributed by atoms with van der Waals surface area (Å²) in [5.74, 6) is -2.03. The second-order valence-corrected chi connectivity index (χ2v) is 2.91. The first-order valence-corrected chi connectivity index (χ1v) is 4.32. The number of pyridine rings is 1. The van der Waals surface area contributed by atoms with E-state index in [1.807, 2.05) is 0 Å². The lowest BCUT2D eigenvalue weighted by atomic mass is 10.2. The van der Waals surface area contributed by atoms with E-state index < -0.39 is 40.8 Å². The molecule has 0 aliphatic rings. The van der Waals surface area contributed by atoms with Crippen LogP contribution in [0.1, 0.15) is 5.56 Å². The van der Waals surface area contributed by atoms with Crippen molar-refractivity contribution in [2.75, 3.05) is 7.11 Å². The van der Waals surface area contributed by atoms with Gasteiger partial charge in [-0.1, -0.05) is 0 Å². The Morgan fingerprint density at radius 3 is 2.50 bits per heavy atom. The van der Waals surface area contributed by atoms with Crippen LogP contribution in [0.25, 0.3) is 0 Å². The smallest absolute Gasteiger partial charge is 0.478 e. The molecule has 0 bridgehead atoms. The Morgan fingerprint density at radius 2 is 2.11 bits per heavy atom. The van der Waals surface area contributed by atoms with Gasteiger partial charge in [-0.15, -0.1) is 13.2 Å². The van der Waals surface area contributed by atoms with Gasteiger partial charge in [-0.2, -0.15) is 0 Å². The van der Waals surface area contributed by atoms with E-state index in [-0.39, 0.29) is 0 Å². The Labute approximate surface area is 97.3 Å². The lowest BCUT2D eigenvalue weighted by molar-refractivity contribution is -0.389. The van der Waals surface area contributed by atoms with Crippen LogP contribution >= 0.6 is 0 Å². The van der Waals surface area contributed by atoms with Gasteiger partial charge in [-0.25, -0.2) is 9.37 Å². The van der Waals surface area contributed by atoms with E-state index in [0.29, 0.717) is 6.20 Å². The highest BCUT2D eigenvalue weighted by Crippen LogP contribution is 2.41. The summed E-state index contributed by atoms with van der Waals surface area (Å²) in [6, 6.07) is 0. The molecule has 0 saturated carbocycles. The number of halogens is 4. The molecule has 0 amide bonds. The highest BCUT2D eigenvalue weighted by atomic mass is 19.4. The maximum absolute atomic E-state index is 12.5. The van der Waals surface area contributed by atoms with Crippen LogP contribution in [0.5, 0.6) is 11.6 Å². The largest absolute Gasteiger partial charge is 0.573 e. The molecule has 18 heavy (non-hydrogen) atoms. The molecular weight excluding hydrogens is 264 g/mol. The normalized spacial score (nSPS) is 11.2. The fraction of sp³-hybridized carbons (Fsp3) is 0.375. The quantitative estimate of drug-likeness (QED) is 0.477. The van der Waals surface area contributed by atoms with Crippen molar-refractivity contribution >= 4 is 5.69 Å². The van der Waals surface area contributed by atoms with Crippen LogP contribution in [-0.4, -0.2) is 23.4 Å². The Balaban J connectivity index is 3.45. The zero-order valence-electron chi connectivity index (χ0n) is 8.82. The summed E-state index contributed by atoms with van der Waals surface area (Å²) in [4.78, 5) is 12.8. The van der Waals surface area contributed by atoms with Crippen LogP contribution in [0.15, 0.2) is 6.20 Å². The van der Waals surface area contributed by atoms with Gasteiger partial charge in [0.2, 0.25) is 0 Å². The molecule has 1 aromatic rings. The molecule has 1 aromatic heterocycles. The lowest BCUT2D eigenvalue weighted by Gasteiger charge is -2.12. The number of nitrogens with zero attached hydrogens (tertiary/aromatic N) is 2. The minimum absolute atomic E-state index is 0.639. The number of methoxy groups -OCH3 is 1. The van der Waals surface area contributed by atoms with E-state index in [2.05, 4.69) is 14.5 Å². The number of rotatable bonds is 4. The third-order valence-electron chi connectivity index (χ3n) is 1.79. The van der Waals surface area contributed by atoms with Crippen LogP contribution in [0.2, 0.25) is 0 Å².